The first-order valence-corrected chi connectivity index (χ1v) is 9.39. The number of halogens is 2. The van der Waals surface area contributed by atoms with Gasteiger partial charge < -0.3 is 10.6 Å². The Kier molecular flexibility index (Phi) is 7.82. The van der Waals surface area contributed by atoms with E-state index in [-0.39, 0.29) is 5.69 Å². The molecule has 2 aromatic carbocycles. The van der Waals surface area contributed by atoms with E-state index in [1.54, 1.807) is 24.3 Å². The zero-order chi connectivity index (χ0) is 20.7. The molecule has 3 amide bonds. The van der Waals surface area contributed by atoms with Gasteiger partial charge >= 0.3 is 6.03 Å². The molecule has 0 saturated carbocycles. The molecular formula is C20H20Cl2N4O2. The molecule has 0 saturated heterocycles. The highest BCUT2D eigenvalue weighted by Gasteiger charge is 2.31. The van der Waals surface area contributed by atoms with E-state index < -0.39 is 17.9 Å². The number of hydrogen-bond acceptors (Lipinski definition) is 4. The van der Waals surface area contributed by atoms with E-state index in [1.165, 1.54) is 25.2 Å². The number of carbonyl (C=O) groups excluding carboxylic acids is 2. The molecule has 0 aliphatic heterocycles. The molecule has 0 bridgehead atoms. The van der Waals surface area contributed by atoms with E-state index in [9.17, 15) is 9.59 Å². The lowest BCUT2D eigenvalue weighted by molar-refractivity contribution is -0.119. The second-order valence-electron chi connectivity index (χ2n) is 5.95. The standard InChI is InChI=1S/C20H20Cl2N4O2/c1-3-25-12-18(14-6-4-13(11-23)5-7-14)19(27)26(20(28)24-2)17-9-15(21)8-16(22)10-17/h4-10,18,25H,3,12H2,1-2H3,(H,24,28)/t18-/m0/s1. The number of benzene rings is 2. The van der Waals surface area contributed by atoms with E-state index in [2.05, 4.69) is 10.6 Å². The maximum atomic E-state index is 13.4. The number of imide groups is 1. The molecule has 8 heteroatoms. The zero-order valence-electron chi connectivity index (χ0n) is 15.5. The monoisotopic (exact) mass is 418 g/mol. The van der Waals surface area contributed by atoms with Crippen molar-refractivity contribution in [1.29, 1.82) is 5.26 Å². The van der Waals surface area contributed by atoms with Crippen LogP contribution in [0.25, 0.3) is 0 Å². The van der Waals surface area contributed by atoms with E-state index >= 15 is 0 Å². The first-order valence-electron chi connectivity index (χ1n) is 8.63. The second-order valence-corrected chi connectivity index (χ2v) is 6.82. The number of rotatable bonds is 6. The van der Waals surface area contributed by atoms with Crippen molar-refractivity contribution in [2.75, 3.05) is 25.0 Å². The maximum absolute atomic E-state index is 13.4. The average molecular weight is 419 g/mol. The smallest absolute Gasteiger partial charge is 0.328 e. The van der Waals surface area contributed by atoms with Gasteiger partial charge in [-0.2, -0.15) is 5.26 Å². The molecule has 0 spiro atoms. The highest BCUT2D eigenvalue weighted by molar-refractivity contribution is 6.35. The minimum atomic E-state index is -0.650. The van der Waals surface area contributed by atoms with Crippen molar-refractivity contribution in [2.24, 2.45) is 0 Å². The van der Waals surface area contributed by atoms with E-state index in [0.717, 1.165) is 4.90 Å². The third kappa shape index (κ3) is 5.23. The van der Waals surface area contributed by atoms with Crippen LogP contribution in [0.3, 0.4) is 0 Å². The van der Waals surface area contributed by atoms with Crippen LogP contribution in [0.2, 0.25) is 10.0 Å². The van der Waals surface area contributed by atoms with Gasteiger partial charge in [-0.25, -0.2) is 9.69 Å². The fraction of sp³-hybridized carbons (Fsp3) is 0.250. The third-order valence-electron chi connectivity index (χ3n) is 4.08. The fourth-order valence-electron chi connectivity index (χ4n) is 2.71. The predicted molar refractivity (Wildman–Crippen MR) is 111 cm³/mol. The third-order valence-corrected chi connectivity index (χ3v) is 4.52. The Balaban J connectivity index is 2.49. The van der Waals surface area contributed by atoms with Crippen molar-refractivity contribution in [2.45, 2.75) is 12.8 Å². The summed E-state index contributed by atoms with van der Waals surface area (Å²) in [5.74, 6) is -1.09. The lowest BCUT2D eigenvalue weighted by Gasteiger charge is -2.26. The summed E-state index contributed by atoms with van der Waals surface area (Å²) < 4.78 is 0. The number of urea groups is 1. The SMILES string of the molecule is CCNC[C@H](C(=O)N(C(=O)NC)c1cc(Cl)cc(Cl)c1)c1ccc(C#N)cc1. The number of nitrogens with zero attached hydrogens (tertiary/aromatic N) is 2. The van der Waals surface area contributed by atoms with Gasteiger partial charge in [0.05, 0.1) is 23.2 Å². The summed E-state index contributed by atoms with van der Waals surface area (Å²) in [4.78, 5) is 27.0. The minimum Gasteiger partial charge on any atom is -0.340 e. The predicted octanol–water partition coefficient (Wildman–Crippen LogP) is 3.93. The number of nitriles is 1. The topological polar surface area (TPSA) is 85.2 Å². The average Bonchev–Trinajstić information content (AvgIpc) is 2.68. The first-order chi connectivity index (χ1) is 13.4. The Morgan fingerprint density at radius 1 is 1.14 bits per heavy atom. The lowest BCUT2D eigenvalue weighted by Crippen LogP contribution is -2.46. The van der Waals surface area contributed by atoms with Gasteiger partial charge in [0.2, 0.25) is 5.91 Å². The largest absolute Gasteiger partial charge is 0.340 e. The molecule has 146 valence electrons. The molecule has 2 aromatic rings. The van der Waals surface area contributed by atoms with Gasteiger partial charge in [-0.05, 0) is 42.4 Å². The molecule has 0 heterocycles. The van der Waals surface area contributed by atoms with Crippen molar-refractivity contribution in [3.05, 3.63) is 63.6 Å². The Morgan fingerprint density at radius 3 is 2.25 bits per heavy atom. The molecular weight excluding hydrogens is 399 g/mol. The number of nitrogens with one attached hydrogen (secondary N) is 2. The van der Waals surface area contributed by atoms with Gasteiger partial charge in [0.1, 0.15) is 0 Å². The molecule has 0 radical (unpaired) electrons. The second kappa shape index (κ2) is 10.1. The van der Waals surface area contributed by atoms with Crippen molar-refractivity contribution in [3.8, 4) is 6.07 Å². The van der Waals surface area contributed by atoms with Gasteiger partial charge in [0.25, 0.3) is 0 Å². The lowest BCUT2D eigenvalue weighted by atomic mass is 9.96. The van der Waals surface area contributed by atoms with Crippen LogP contribution in [-0.4, -0.2) is 32.1 Å². The number of anilines is 1. The van der Waals surface area contributed by atoms with Crippen LogP contribution in [0.4, 0.5) is 10.5 Å². The summed E-state index contributed by atoms with van der Waals surface area (Å²) in [5, 5.41) is 15.2. The molecule has 1 atom stereocenters. The quantitative estimate of drug-likeness (QED) is 0.743. The summed E-state index contributed by atoms with van der Waals surface area (Å²) >= 11 is 12.1. The van der Waals surface area contributed by atoms with Crippen LogP contribution in [-0.2, 0) is 4.79 Å². The normalized spacial score (nSPS) is 11.4. The van der Waals surface area contributed by atoms with Crippen molar-refractivity contribution in [1.82, 2.24) is 10.6 Å². The van der Waals surface area contributed by atoms with Gasteiger partial charge in [0, 0.05) is 23.6 Å². The van der Waals surface area contributed by atoms with Crippen molar-refractivity contribution in [3.63, 3.8) is 0 Å². The van der Waals surface area contributed by atoms with Crippen LogP contribution in [0.1, 0.15) is 24.0 Å². The number of hydrogen-bond donors (Lipinski definition) is 2. The summed E-state index contributed by atoms with van der Waals surface area (Å²) in [5.41, 5.74) is 1.45. The van der Waals surface area contributed by atoms with Crippen LogP contribution in [0.15, 0.2) is 42.5 Å². The molecule has 0 aliphatic rings. The Bertz CT molecular complexity index is 874. The Hall–Kier alpha value is -2.59. The van der Waals surface area contributed by atoms with Gasteiger partial charge in [-0.3, -0.25) is 4.79 Å². The van der Waals surface area contributed by atoms with Gasteiger partial charge in [-0.1, -0.05) is 42.3 Å². The minimum absolute atomic E-state index is 0.275. The molecule has 6 nitrogen and oxygen atoms in total. The first kappa shape index (κ1) is 21.7. The molecule has 0 fully saturated rings. The van der Waals surface area contributed by atoms with Crippen LogP contribution >= 0.6 is 23.2 Å². The van der Waals surface area contributed by atoms with Crippen LogP contribution < -0.4 is 15.5 Å². The van der Waals surface area contributed by atoms with Crippen LogP contribution in [0, 0.1) is 11.3 Å². The highest BCUT2D eigenvalue weighted by Crippen LogP contribution is 2.29. The number of likely N-dealkylation sites (N-methyl/N-ethyl adjacent to an activating group) is 1. The fourth-order valence-corrected chi connectivity index (χ4v) is 3.22. The van der Waals surface area contributed by atoms with Crippen molar-refractivity contribution < 1.29 is 9.59 Å². The summed E-state index contributed by atoms with van der Waals surface area (Å²) in [6.07, 6.45) is 0. The van der Waals surface area contributed by atoms with E-state index in [4.69, 9.17) is 28.5 Å². The van der Waals surface area contributed by atoms with Crippen molar-refractivity contribution >= 4 is 40.8 Å². The summed E-state index contributed by atoms with van der Waals surface area (Å²) in [6, 6.07) is 12.7. The molecule has 2 rings (SSSR count). The van der Waals surface area contributed by atoms with E-state index in [0.29, 0.717) is 34.3 Å². The zero-order valence-corrected chi connectivity index (χ0v) is 17.0. The summed E-state index contributed by atoms with van der Waals surface area (Å²) in [7, 11) is 1.44. The maximum Gasteiger partial charge on any atom is 0.328 e. The number of carbonyl (C=O) groups is 2. The molecule has 28 heavy (non-hydrogen) atoms. The molecule has 2 N–H and O–H groups in total. The Morgan fingerprint density at radius 2 is 1.75 bits per heavy atom. The van der Waals surface area contributed by atoms with E-state index in [1.807, 2.05) is 13.0 Å². The molecule has 0 unspecified atom stereocenters. The molecule has 0 aliphatic carbocycles. The van der Waals surface area contributed by atoms with Crippen LogP contribution in [0.5, 0.6) is 0 Å². The highest BCUT2D eigenvalue weighted by atomic mass is 35.5. The molecule has 0 aromatic heterocycles. The van der Waals surface area contributed by atoms with Gasteiger partial charge in [-0.15, -0.1) is 0 Å². The Labute approximate surface area is 174 Å². The summed E-state index contributed by atoms with van der Waals surface area (Å²) in [6.45, 7) is 2.90. The van der Waals surface area contributed by atoms with Gasteiger partial charge in [0.15, 0.2) is 0 Å². The number of amides is 3.